The van der Waals surface area contributed by atoms with Crippen LogP contribution in [-0.4, -0.2) is 0 Å². The Morgan fingerprint density at radius 2 is 1.59 bits per heavy atom. The molecule has 0 amide bonds. The predicted molar refractivity (Wildman–Crippen MR) is 82.0 cm³/mol. The molecule has 22 heavy (non-hydrogen) atoms. The van der Waals surface area contributed by atoms with E-state index < -0.39 is 17.5 Å². The molecule has 0 N–H and O–H groups in total. The standard InChI is InChI=1S/C19H21F3/c1-12-2-4-13(5-3-12)14-6-8-15(9-7-14)16-10-17(20)19(22)18(21)11-16/h6-8,10-13,15H,2-5,9H2,1H3/t12-,13-,15?. The highest BCUT2D eigenvalue weighted by atomic mass is 19.2. The fourth-order valence-corrected chi connectivity index (χ4v) is 3.57. The number of rotatable bonds is 2. The number of halogens is 3. The SMILES string of the molecule is C[C@H]1CC[C@H](C2=CCC(c3cc(F)c(F)c(F)c3)C=C2)CC1. The molecule has 0 aromatic heterocycles. The third kappa shape index (κ3) is 3.13. The molecule has 1 aromatic carbocycles. The highest BCUT2D eigenvalue weighted by molar-refractivity contribution is 5.35. The lowest BCUT2D eigenvalue weighted by Crippen LogP contribution is -2.15. The number of allylic oxidation sites excluding steroid dienone is 4. The summed E-state index contributed by atoms with van der Waals surface area (Å²) < 4.78 is 39.7. The molecule has 0 radical (unpaired) electrons. The highest BCUT2D eigenvalue weighted by Crippen LogP contribution is 2.37. The zero-order chi connectivity index (χ0) is 15.7. The van der Waals surface area contributed by atoms with Gasteiger partial charge in [0.1, 0.15) is 0 Å². The number of benzene rings is 1. The van der Waals surface area contributed by atoms with Crippen molar-refractivity contribution in [2.45, 2.75) is 44.9 Å². The Morgan fingerprint density at radius 3 is 2.14 bits per heavy atom. The van der Waals surface area contributed by atoms with Crippen molar-refractivity contribution in [1.29, 1.82) is 0 Å². The van der Waals surface area contributed by atoms with Crippen LogP contribution >= 0.6 is 0 Å². The summed E-state index contributed by atoms with van der Waals surface area (Å²) in [6.07, 6.45) is 12.0. The largest absolute Gasteiger partial charge is 0.204 e. The van der Waals surface area contributed by atoms with Gasteiger partial charge >= 0.3 is 0 Å². The van der Waals surface area contributed by atoms with E-state index in [1.807, 2.05) is 6.08 Å². The first-order valence-electron chi connectivity index (χ1n) is 8.07. The van der Waals surface area contributed by atoms with E-state index >= 15 is 0 Å². The maximum absolute atomic E-state index is 13.3. The van der Waals surface area contributed by atoms with Crippen molar-refractivity contribution in [3.63, 3.8) is 0 Å². The van der Waals surface area contributed by atoms with E-state index in [0.717, 1.165) is 24.5 Å². The van der Waals surface area contributed by atoms with Crippen molar-refractivity contribution in [1.82, 2.24) is 0 Å². The minimum absolute atomic E-state index is 0.0733. The van der Waals surface area contributed by atoms with Gasteiger partial charge in [-0.25, -0.2) is 13.2 Å². The van der Waals surface area contributed by atoms with E-state index in [0.29, 0.717) is 11.5 Å². The molecule has 2 aliphatic carbocycles. The second-order valence-corrected chi connectivity index (χ2v) is 6.66. The van der Waals surface area contributed by atoms with Crippen molar-refractivity contribution in [2.75, 3.05) is 0 Å². The molecule has 3 heteroatoms. The average Bonchev–Trinajstić information content (AvgIpc) is 2.53. The Labute approximate surface area is 129 Å². The van der Waals surface area contributed by atoms with E-state index in [1.54, 1.807) is 0 Å². The van der Waals surface area contributed by atoms with Gasteiger partial charge < -0.3 is 0 Å². The van der Waals surface area contributed by atoms with Crippen molar-refractivity contribution >= 4 is 0 Å². The van der Waals surface area contributed by atoms with Gasteiger partial charge in [0.25, 0.3) is 0 Å². The molecular weight excluding hydrogens is 285 g/mol. The Kier molecular flexibility index (Phi) is 4.42. The maximum atomic E-state index is 13.3. The molecule has 0 bridgehead atoms. The van der Waals surface area contributed by atoms with Crippen LogP contribution in [0.1, 0.15) is 50.5 Å². The minimum atomic E-state index is -1.39. The molecule has 0 heterocycles. The molecule has 0 spiro atoms. The molecule has 1 fully saturated rings. The second-order valence-electron chi connectivity index (χ2n) is 6.66. The van der Waals surface area contributed by atoms with Crippen molar-refractivity contribution in [3.05, 3.63) is 58.9 Å². The summed E-state index contributed by atoms with van der Waals surface area (Å²) in [4.78, 5) is 0. The summed E-state index contributed by atoms with van der Waals surface area (Å²) in [5.74, 6) is -2.25. The van der Waals surface area contributed by atoms with Crippen LogP contribution in [0, 0.1) is 29.3 Å². The third-order valence-electron chi connectivity index (χ3n) is 5.05. The Balaban J connectivity index is 1.70. The molecule has 0 nitrogen and oxygen atoms in total. The van der Waals surface area contributed by atoms with Crippen molar-refractivity contribution < 1.29 is 13.2 Å². The molecule has 1 saturated carbocycles. The third-order valence-corrected chi connectivity index (χ3v) is 5.05. The van der Waals surface area contributed by atoms with Gasteiger partial charge in [-0.1, -0.05) is 38.0 Å². The molecule has 0 aliphatic heterocycles. The normalized spacial score (nSPS) is 28.5. The lowest BCUT2D eigenvalue weighted by molar-refractivity contribution is 0.322. The summed E-state index contributed by atoms with van der Waals surface area (Å²) in [6.45, 7) is 2.30. The smallest absolute Gasteiger partial charge is 0.194 e. The van der Waals surface area contributed by atoms with Gasteiger partial charge in [-0.3, -0.25) is 0 Å². The fourth-order valence-electron chi connectivity index (χ4n) is 3.57. The monoisotopic (exact) mass is 306 g/mol. The van der Waals surface area contributed by atoms with Crippen LogP contribution in [0.25, 0.3) is 0 Å². The quantitative estimate of drug-likeness (QED) is 0.597. The van der Waals surface area contributed by atoms with E-state index in [-0.39, 0.29) is 5.92 Å². The van der Waals surface area contributed by atoms with Crippen molar-refractivity contribution in [3.8, 4) is 0 Å². The van der Waals surface area contributed by atoms with Gasteiger partial charge in [0.2, 0.25) is 0 Å². The van der Waals surface area contributed by atoms with Gasteiger partial charge in [0, 0.05) is 5.92 Å². The van der Waals surface area contributed by atoms with Crippen LogP contribution in [0.2, 0.25) is 0 Å². The van der Waals surface area contributed by atoms with Gasteiger partial charge in [-0.15, -0.1) is 0 Å². The first-order valence-corrected chi connectivity index (χ1v) is 8.07. The van der Waals surface area contributed by atoms with Crippen LogP contribution in [0.3, 0.4) is 0 Å². The lowest BCUT2D eigenvalue weighted by Gasteiger charge is -2.29. The van der Waals surface area contributed by atoms with Crippen LogP contribution in [0.4, 0.5) is 13.2 Å². The first-order chi connectivity index (χ1) is 10.5. The van der Waals surface area contributed by atoms with Gasteiger partial charge in [0.05, 0.1) is 0 Å². The van der Waals surface area contributed by atoms with Crippen LogP contribution < -0.4 is 0 Å². The highest BCUT2D eigenvalue weighted by Gasteiger charge is 2.23. The molecule has 1 atom stereocenters. The Morgan fingerprint density at radius 1 is 0.955 bits per heavy atom. The van der Waals surface area contributed by atoms with E-state index in [9.17, 15) is 13.2 Å². The molecule has 3 rings (SSSR count). The molecule has 1 unspecified atom stereocenters. The topological polar surface area (TPSA) is 0 Å². The van der Waals surface area contributed by atoms with Crippen LogP contribution in [-0.2, 0) is 0 Å². The summed E-state index contributed by atoms with van der Waals surface area (Å²) in [6, 6.07) is 2.21. The Hall–Kier alpha value is -1.51. The number of hydrogen-bond acceptors (Lipinski definition) is 0. The van der Waals surface area contributed by atoms with Gasteiger partial charge in [-0.05, 0) is 54.4 Å². The molecule has 1 aromatic rings. The summed E-state index contributed by atoms with van der Waals surface area (Å²) in [5, 5.41) is 0. The van der Waals surface area contributed by atoms with Gasteiger partial charge in [0.15, 0.2) is 17.5 Å². The second kappa shape index (κ2) is 6.31. The lowest BCUT2D eigenvalue weighted by atomic mass is 9.77. The number of hydrogen-bond donors (Lipinski definition) is 0. The zero-order valence-electron chi connectivity index (χ0n) is 12.8. The van der Waals surface area contributed by atoms with E-state index in [2.05, 4.69) is 19.1 Å². The molecule has 2 aliphatic rings. The van der Waals surface area contributed by atoms with Crippen LogP contribution in [0.5, 0.6) is 0 Å². The maximum Gasteiger partial charge on any atom is 0.194 e. The summed E-state index contributed by atoms with van der Waals surface area (Å²) in [7, 11) is 0. The molecular formula is C19H21F3. The Bertz CT molecular complexity index is 584. The fraction of sp³-hybridized carbons (Fsp3) is 0.474. The van der Waals surface area contributed by atoms with Gasteiger partial charge in [-0.2, -0.15) is 0 Å². The molecule has 118 valence electrons. The summed E-state index contributed by atoms with van der Waals surface area (Å²) in [5.41, 5.74) is 1.85. The van der Waals surface area contributed by atoms with E-state index in [4.69, 9.17) is 0 Å². The average molecular weight is 306 g/mol. The zero-order valence-corrected chi connectivity index (χ0v) is 12.8. The molecule has 0 saturated heterocycles. The minimum Gasteiger partial charge on any atom is -0.204 e. The van der Waals surface area contributed by atoms with Crippen molar-refractivity contribution in [2.24, 2.45) is 11.8 Å². The van der Waals surface area contributed by atoms with Crippen LogP contribution in [0.15, 0.2) is 35.9 Å². The summed E-state index contributed by atoms with van der Waals surface area (Å²) >= 11 is 0. The first kappa shape index (κ1) is 15.4. The predicted octanol–water partition coefficient (Wildman–Crippen LogP) is 5.90. The van der Waals surface area contributed by atoms with E-state index in [1.165, 1.54) is 31.3 Å².